The highest BCUT2D eigenvalue weighted by molar-refractivity contribution is 6.07. The number of hydrogen-bond donors (Lipinski definition) is 2. The molecule has 170 valence electrons. The van der Waals surface area contributed by atoms with Crippen LogP contribution < -0.4 is 10.9 Å². The van der Waals surface area contributed by atoms with Crippen LogP contribution in [0.2, 0.25) is 0 Å². The largest absolute Gasteiger partial charge is 0.348 e. The quantitative estimate of drug-likeness (QED) is 0.425. The van der Waals surface area contributed by atoms with Crippen molar-refractivity contribution < 1.29 is 4.79 Å². The molecule has 0 spiro atoms. The second kappa shape index (κ2) is 8.26. The highest BCUT2D eigenvalue weighted by Crippen LogP contribution is 2.26. The van der Waals surface area contributed by atoms with Crippen LogP contribution >= 0.6 is 0 Å². The van der Waals surface area contributed by atoms with Crippen LogP contribution in [-0.2, 0) is 13.6 Å². The molecule has 34 heavy (non-hydrogen) atoms. The van der Waals surface area contributed by atoms with E-state index in [2.05, 4.69) is 15.4 Å². The molecule has 0 saturated carbocycles. The molecule has 0 aliphatic carbocycles. The number of hydrogen-bond acceptors (Lipinski definition) is 4. The summed E-state index contributed by atoms with van der Waals surface area (Å²) in [6, 6.07) is 15.2. The molecule has 0 radical (unpaired) electrons. The lowest BCUT2D eigenvalue weighted by Gasteiger charge is -2.11. The van der Waals surface area contributed by atoms with Gasteiger partial charge in [0.2, 0.25) is 0 Å². The van der Waals surface area contributed by atoms with E-state index in [4.69, 9.17) is 4.98 Å². The Morgan fingerprint density at radius 2 is 1.88 bits per heavy atom. The molecule has 1 amide bonds. The SMILES string of the molecule is Cc1ccc2cc(CNC(=O)c3cc(-c4cn(C)nc4C)nc4ccccc34)c(=O)[nH]c2c1C. The summed E-state index contributed by atoms with van der Waals surface area (Å²) in [5, 5.41) is 9.03. The van der Waals surface area contributed by atoms with Crippen LogP contribution in [0.3, 0.4) is 0 Å². The lowest BCUT2D eigenvalue weighted by molar-refractivity contribution is 0.0952. The molecule has 2 N–H and O–H groups in total. The predicted octanol–water partition coefficient (Wildman–Crippen LogP) is 4.33. The monoisotopic (exact) mass is 451 g/mol. The Kier molecular flexibility index (Phi) is 5.24. The number of fused-ring (bicyclic) bond motifs is 2. The number of pyridine rings is 2. The van der Waals surface area contributed by atoms with Crippen LogP contribution in [-0.4, -0.2) is 25.7 Å². The van der Waals surface area contributed by atoms with Crippen molar-refractivity contribution in [3.05, 3.63) is 93.0 Å². The van der Waals surface area contributed by atoms with Gasteiger partial charge in [0.15, 0.2) is 0 Å². The molecule has 0 atom stereocenters. The lowest BCUT2D eigenvalue weighted by Crippen LogP contribution is -2.27. The number of carbonyl (C=O) groups excluding carboxylic acids is 1. The zero-order valence-electron chi connectivity index (χ0n) is 19.6. The van der Waals surface area contributed by atoms with Gasteiger partial charge >= 0.3 is 0 Å². The summed E-state index contributed by atoms with van der Waals surface area (Å²) >= 11 is 0. The fourth-order valence-electron chi connectivity index (χ4n) is 4.32. The van der Waals surface area contributed by atoms with Gasteiger partial charge in [-0.3, -0.25) is 14.3 Å². The number of nitrogens with zero attached hydrogens (tertiary/aromatic N) is 3. The molecule has 5 aromatic rings. The number of aromatic nitrogens is 4. The van der Waals surface area contributed by atoms with E-state index >= 15 is 0 Å². The van der Waals surface area contributed by atoms with Crippen molar-refractivity contribution in [2.24, 2.45) is 7.05 Å². The smallest absolute Gasteiger partial charge is 0.253 e. The first-order chi connectivity index (χ1) is 16.3. The first-order valence-electron chi connectivity index (χ1n) is 11.1. The van der Waals surface area contributed by atoms with E-state index in [1.54, 1.807) is 10.7 Å². The highest BCUT2D eigenvalue weighted by atomic mass is 16.1. The van der Waals surface area contributed by atoms with E-state index < -0.39 is 0 Å². The number of para-hydroxylation sites is 1. The van der Waals surface area contributed by atoms with Gasteiger partial charge in [-0.1, -0.05) is 30.3 Å². The second-order valence-electron chi connectivity index (χ2n) is 8.65. The van der Waals surface area contributed by atoms with Crippen molar-refractivity contribution >= 4 is 27.7 Å². The molecule has 0 fully saturated rings. The average molecular weight is 452 g/mol. The summed E-state index contributed by atoms with van der Waals surface area (Å²) in [5.74, 6) is -0.263. The van der Waals surface area contributed by atoms with Gasteiger partial charge in [0, 0.05) is 36.3 Å². The summed E-state index contributed by atoms with van der Waals surface area (Å²) < 4.78 is 1.73. The van der Waals surface area contributed by atoms with Crippen molar-refractivity contribution in [1.82, 2.24) is 25.1 Å². The molecule has 2 aromatic carbocycles. The molecule has 3 heterocycles. The van der Waals surface area contributed by atoms with E-state index in [9.17, 15) is 9.59 Å². The standard InChI is InChI=1S/C27H25N5O2/c1-15-9-10-18-11-19(26(33)30-25(18)16(15)2)13-28-27(34)21-12-24(22-14-32(4)31-17(22)3)29-23-8-6-5-7-20(21)23/h5-12,14H,13H2,1-4H3,(H,28,34)(H,30,33). The fourth-order valence-corrected chi connectivity index (χ4v) is 4.32. The maximum Gasteiger partial charge on any atom is 0.253 e. The summed E-state index contributed by atoms with van der Waals surface area (Å²) in [6.07, 6.45) is 1.90. The summed E-state index contributed by atoms with van der Waals surface area (Å²) in [5.41, 5.74) is 6.93. The third kappa shape index (κ3) is 3.75. The molecule has 0 bridgehead atoms. The van der Waals surface area contributed by atoms with E-state index in [0.717, 1.165) is 44.2 Å². The molecule has 0 saturated heterocycles. The molecule has 0 aliphatic rings. The Morgan fingerprint density at radius 1 is 1.09 bits per heavy atom. The number of rotatable bonds is 4. The van der Waals surface area contributed by atoms with Gasteiger partial charge in [-0.15, -0.1) is 0 Å². The minimum atomic E-state index is -0.263. The van der Waals surface area contributed by atoms with Crippen LogP contribution in [0.1, 0.15) is 32.7 Å². The maximum atomic E-state index is 13.3. The van der Waals surface area contributed by atoms with Crippen LogP contribution in [0, 0.1) is 20.8 Å². The van der Waals surface area contributed by atoms with Gasteiger partial charge in [0.1, 0.15) is 0 Å². The molecule has 7 nitrogen and oxygen atoms in total. The van der Waals surface area contributed by atoms with Gasteiger partial charge in [-0.2, -0.15) is 5.10 Å². The molecular weight excluding hydrogens is 426 g/mol. The topological polar surface area (TPSA) is 92.7 Å². The van der Waals surface area contributed by atoms with Crippen molar-refractivity contribution in [1.29, 1.82) is 0 Å². The van der Waals surface area contributed by atoms with Gasteiger partial charge < -0.3 is 10.3 Å². The molecule has 5 rings (SSSR count). The highest BCUT2D eigenvalue weighted by Gasteiger charge is 2.17. The second-order valence-corrected chi connectivity index (χ2v) is 8.65. The third-order valence-electron chi connectivity index (χ3n) is 6.32. The maximum absolute atomic E-state index is 13.3. The summed E-state index contributed by atoms with van der Waals surface area (Å²) in [7, 11) is 1.86. The van der Waals surface area contributed by atoms with E-state index in [-0.39, 0.29) is 18.0 Å². The van der Waals surface area contributed by atoms with E-state index in [0.29, 0.717) is 16.8 Å². The van der Waals surface area contributed by atoms with E-state index in [1.165, 1.54) is 0 Å². The molecule has 0 aliphatic heterocycles. The number of carbonyl (C=O) groups is 1. The zero-order valence-corrected chi connectivity index (χ0v) is 19.6. The first kappa shape index (κ1) is 21.6. The number of nitrogens with one attached hydrogen (secondary N) is 2. The van der Waals surface area contributed by atoms with Crippen LogP contribution in [0.25, 0.3) is 33.1 Å². The Hall–Kier alpha value is -4.26. The first-order valence-corrected chi connectivity index (χ1v) is 11.1. The number of H-pyrrole nitrogens is 1. The Bertz CT molecular complexity index is 1650. The number of benzene rings is 2. The van der Waals surface area contributed by atoms with Crippen LogP contribution in [0.4, 0.5) is 0 Å². The summed E-state index contributed by atoms with van der Waals surface area (Å²) in [4.78, 5) is 33.7. The number of aromatic amines is 1. The fraction of sp³-hybridized carbons (Fsp3) is 0.185. The molecule has 0 unspecified atom stereocenters. The Balaban J connectivity index is 1.50. The number of amides is 1. The molecule has 3 aromatic heterocycles. The van der Waals surface area contributed by atoms with Crippen LogP contribution in [0.15, 0.2) is 59.5 Å². The van der Waals surface area contributed by atoms with Gasteiger partial charge in [-0.05, 0) is 55.5 Å². The molecular formula is C27H25N5O2. The van der Waals surface area contributed by atoms with Gasteiger partial charge in [0.05, 0.1) is 28.0 Å². The number of aryl methyl sites for hydroxylation is 4. The van der Waals surface area contributed by atoms with Crippen molar-refractivity contribution in [2.75, 3.05) is 0 Å². The Labute approximate surface area is 196 Å². The van der Waals surface area contributed by atoms with Crippen molar-refractivity contribution in [2.45, 2.75) is 27.3 Å². The van der Waals surface area contributed by atoms with Crippen molar-refractivity contribution in [3.63, 3.8) is 0 Å². The minimum absolute atomic E-state index is 0.120. The van der Waals surface area contributed by atoms with Gasteiger partial charge in [-0.25, -0.2) is 4.98 Å². The van der Waals surface area contributed by atoms with E-state index in [1.807, 2.05) is 76.5 Å². The van der Waals surface area contributed by atoms with Gasteiger partial charge in [0.25, 0.3) is 11.5 Å². The third-order valence-corrected chi connectivity index (χ3v) is 6.32. The van der Waals surface area contributed by atoms with Crippen molar-refractivity contribution in [3.8, 4) is 11.3 Å². The van der Waals surface area contributed by atoms with Crippen LogP contribution in [0.5, 0.6) is 0 Å². The molecule has 7 heteroatoms. The minimum Gasteiger partial charge on any atom is -0.348 e. The average Bonchev–Trinajstić information content (AvgIpc) is 3.17. The normalized spacial score (nSPS) is 11.3. The Morgan fingerprint density at radius 3 is 2.65 bits per heavy atom. The lowest BCUT2D eigenvalue weighted by atomic mass is 10.0. The summed E-state index contributed by atoms with van der Waals surface area (Å²) in [6.45, 7) is 6.04. The zero-order chi connectivity index (χ0) is 24.0. The predicted molar refractivity (Wildman–Crippen MR) is 134 cm³/mol.